The second-order valence-electron chi connectivity index (χ2n) is 4.98. The van der Waals surface area contributed by atoms with Crippen LogP contribution in [0.3, 0.4) is 0 Å². The number of ether oxygens (including phenoxy) is 1. The van der Waals surface area contributed by atoms with E-state index < -0.39 is 0 Å². The van der Waals surface area contributed by atoms with Crippen molar-refractivity contribution >= 4 is 35.0 Å². The number of halogens is 1. The lowest BCUT2D eigenvalue weighted by atomic mass is 10.2. The fourth-order valence-corrected chi connectivity index (χ4v) is 2.74. The zero-order valence-corrected chi connectivity index (χ0v) is 14.8. The van der Waals surface area contributed by atoms with Crippen molar-refractivity contribution in [2.24, 2.45) is 0 Å². The predicted molar refractivity (Wildman–Crippen MR) is 99.7 cm³/mol. The monoisotopic (exact) mass is 371 g/mol. The van der Waals surface area contributed by atoms with Gasteiger partial charge in [-0.15, -0.1) is 11.8 Å². The SMILES string of the molecule is CSc1ccc(Oc2ccc(C(=O)Nc3cccnc3)cn2)c(Cl)c1. The average molecular weight is 372 g/mol. The molecule has 1 amide bonds. The van der Waals surface area contributed by atoms with E-state index in [1.54, 1.807) is 54.5 Å². The van der Waals surface area contributed by atoms with Crippen LogP contribution in [0.5, 0.6) is 11.6 Å². The molecule has 0 aliphatic heterocycles. The maximum atomic E-state index is 12.2. The minimum atomic E-state index is -0.269. The Labute approximate surface area is 154 Å². The number of carbonyl (C=O) groups is 1. The first-order valence-corrected chi connectivity index (χ1v) is 8.95. The molecule has 25 heavy (non-hydrogen) atoms. The number of hydrogen-bond acceptors (Lipinski definition) is 5. The van der Waals surface area contributed by atoms with Crippen molar-refractivity contribution < 1.29 is 9.53 Å². The van der Waals surface area contributed by atoms with Crippen LogP contribution in [0, 0.1) is 0 Å². The minimum absolute atomic E-state index is 0.269. The first-order valence-electron chi connectivity index (χ1n) is 7.34. The molecule has 3 rings (SSSR count). The summed E-state index contributed by atoms with van der Waals surface area (Å²) in [6, 6.07) is 12.3. The van der Waals surface area contributed by atoms with Crippen molar-refractivity contribution in [3.05, 3.63) is 71.6 Å². The van der Waals surface area contributed by atoms with Gasteiger partial charge in [-0.05, 0) is 42.7 Å². The Morgan fingerprint density at radius 1 is 1.20 bits per heavy atom. The number of benzene rings is 1. The van der Waals surface area contributed by atoms with Crippen molar-refractivity contribution in [1.29, 1.82) is 0 Å². The van der Waals surface area contributed by atoms with Crippen molar-refractivity contribution in [2.45, 2.75) is 4.90 Å². The molecule has 126 valence electrons. The molecule has 0 spiro atoms. The molecule has 1 aromatic carbocycles. The lowest BCUT2D eigenvalue weighted by Crippen LogP contribution is -2.12. The topological polar surface area (TPSA) is 64.1 Å². The van der Waals surface area contributed by atoms with Crippen LogP contribution in [0.1, 0.15) is 10.4 Å². The third-order valence-electron chi connectivity index (χ3n) is 3.27. The Bertz CT molecular complexity index is 873. The summed E-state index contributed by atoms with van der Waals surface area (Å²) in [4.78, 5) is 21.3. The van der Waals surface area contributed by atoms with Crippen molar-refractivity contribution in [3.8, 4) is 11.6 Å². The van der Waals surface area contributed by atoms with Crippen LogP contribution in [-0.2, 0) is 0 Å². The van der Waals surface area contributed by atoms with E-state index in [1.165, 1.54) is 6.20 Å². The van der Waals surface area contributed by atoms with Gasteiger partial charge in [0.15, 0.2) is 0 Å². The van der Waals surface area contributed by atoms with Gasteiger partial charge >= 0.3 is 0 Å². The third kappa shape index (κ3) is 4.49. The van der Waals surface area contributed by atoms with Gasteiger partial charge in [0.1, 0.15) is 5.75 Å². The molecule has 2 aromatic heterocycles. The van der Waals surface area contributed by atoms with E-state index in [1.807, 2.05) is 18.4 Å². The van der Waals surface area contributed by atoms with E-state index in [2.05, 4.69) is 15.3 Å². The lowest BCUT2D eigenvalue weighted by molar-refractivity contribution is 0.102. The summed E-state index contributed by atoms with van der Waals surface area (Å²) >= 11 is 7.79. The number of aromatic nitrogens is 2. The Morgan fingerprint density at radius 2 is 2.08 bits per heavy atom. The van der Waals surface area contributed by atoms with Crippen molar-refractivity contribution in [2.75, 3.05) is 11.6 Å². The molecule has 3 aromatic rings. The smallest absolute Gasteiger partial charge is 0.257 e. The quantitative estimate of drug-likeness (QED) is 0.646. The Kier molecular flexibility index (Phi) is 5.53. The molecule has 1 N–H and O–H groups in total. The molecule has 0 saturated heterocycles. The molecule has 0 aliphatic rings. The first kappa shape index (κ1) is 17.3. The summed E-state index contributed by atoms with van der Waals surface area (Å²) in [5.41, 5.74) is 1.04. The normalized spacial score (nSPS) is 10.3. The predicted octanol–water partition coefficient (Wildman–Crippen LogP) is 4.90. The van der Waals surface area contributed by atoms with Gasteiger partial charge < -0.3 is 10.1 Å². The van der Waals surface area contributed by atoms with Gasteiger partial charge in [-0.3, -0.25) is 9.78 Å². The number of amides is 1. The zero-order valence-electron chi connectivity index (χ0n) is 13.3. The summed E-state index contributed by atoms with van der Waals surface area (Å²) in [5.74, 6) is 0.602. The van der Waals surface area contributed by atoms with Gasteiger partial charge in [0.05, 0.1) is 22.5 Å². The Hall–Kier alpha value is -2.57. The number of anilines is 1. The second-order valence-corrected chi connectivity index (χ2v) is 6.27. The van der Waals surface area contributed by atoms with E-state index in [0.29, 0.717) is 27.9 Å². The molecule has 0 saturated carbocycles. The molecular weight excluding hydrogens is 358 g/mol. The molecule has 0 bridgehead atoms. The van der Waals surface area contributed by atoms with Crippen LogP contribution < -0.4 is 10.1 Å². The molecule has 0 unspecified atom stereocenters. The Morgan fingerprint density at radius 3 is 2.72 bits per heavy atom. The zero-order chi connectivity index (χ0) is 17.6. The standard InChI is InChI=1S/C18H14ClN3O2S/c1-25-14-5-6-16(15(19)9-14)24-17-7-4-12(10-21-17)18(23)22-13-3-2-8-20-11-13/h2-11H,1H3,(H,22,23). The average Bonchev–Trinajstić information content (AvgIpc) is 2.64. The number of nitrogens with zero attached hydrogens (tertiary/aromatic N) is 2. The van der Waals surface area contributed by atoms with Crippen LogP contribution in [0.2, 0.25) is 5.02 Å². The minimum Gasteiger partial charge on any atom is -0.437 e. The summed E-state index contributed by atoms with van der Waals surface area (Å²) in [6.07, 6.45) is 6.64. The van der Waals surface area contributed by atoms with Gasteiger partial charge in [0.25, 0.3) is 5.91 Å². The van der Waals surface area contributed by atoms with E-state index in [9.17, 15) is 4.79 Å². The lowest BCUT2D eigenvalue weighted by Gasteiger charge is -2.08. The molecular formula is C18H14ClN3O2S. The van der Waals surface area contributed by atoms with Gasteiger partial charge in [-0.1, -0.05) is 11.6 Å². The Balaban J connectivity index is 1.69. The maximum Gasteiger partial charge on any atom is 0.257 e. The molecule has 0 aliphatic carbocycles. The molecule has 0 fully saturated rings. The van der Waals surface area contributed by atoms with Crippen molar-refractivity contribution in [1.82, 2.24) is 9.97 Å². The highest BCUT2D eigenvalue weighted by molar-refractivity contribution is 7.98. The highest BCUT2D eigenvalue weighted by Crippen LogP contribution is 2.31. The molecule has 7 heteroatoms. The van der Waals surface area contributed by atoms with E-state index in [-0.39, 0.29) is 5.91 Å². The molecule has 5 nitrogen and oxygen atoms in total. The van der Waals surface area contributed by atoms with Crippen molar-refractivity contribution in [3.63, 3.8) is 0 Å². The largest absolute Gasteiger partial charge is 0.437 e. The van der Waals surface area contributed by atoms with E-state index in [0.717, 1.165) is 4.90 Å². The number of hydrogen-bond donors (Lipinski definition) is 1. The van der Waals surface area contributed by atoms with Gasteiger partial charge in [0.2, 0.25) is 5.88 Å². The fraction of sp³-hybridized carbons (Fsp3) is 0.0556. The third-order valence-corrected chi connectivity index (χ3v) is 4.29. The van der Waals surface area contributed by atoms with E-state index in [4.69, 9.17) is 16.3 Å². The number of rotatable bonds is 5. The number of carbonyl (C=O) groups excluding carboxylic acids is 1. The summed E-state index contributed by atoms with van der Waals surface area (Å²) in [7, 11) is 0. The number of nitrogens with one attached hydrogen (secondary N) is 1. The second kappa shape index (κ2) is 8.00. The van der Waals surface area contributed by atoms with Crippen LogP contribution in [0.4, 0.5) is 5.69 Å². The number of pyridine rings is 2. The van der Waals surface area contributed by atoms with Gasteiger partial charge in [-0.25, -0.2) is 4.98 Å². The highest BCUT2D eigenvalue weighted by atomic mass is 35.5. The molecule has 0 radical (unpaired) electrons. The molecule has 2 heterocycles. The molecule has 0 atom stereocenters. The first-order chi connectivity index (χ1) is 12.2. The summed E-state index contributed by atoms with van der Waals surface area (Å²) in [6.45, 7) is 0. The van der Waals surface area contributed by atoms with Crippen LogP contribution >= 0.6 is 23.4 Å². The van der Waals surface area contributed by atoms with Crippen LogP contribution in [-0.4, -0.2) is 22.1 Å². The van der Waals surface area contributed by atoms with E-state index >= 15 is 0 Å². The highest BCUT2D eigenvalue weighted by Gasteiger charge is 2.09. The fourth-order valence-electron chi connectivity index (χ4n) is 2.02. The van der Waals surface area contributed by atoms with Gasteiger partial charge in [-0.2, -0.15) is 0 Å². The van der Waals surface area contributed by atoms with Crippen LogP contribution in [0.15, 0.2) is 66.0 Å². The van der Waals surface area contributed by atoms with Crippen LogP contribution in [0.25, 0.3) is 0 Å². The summed E-state index contributed by atoms with van der Waals surface area (Å²) < 4.78 is 5.67. The van der Waals surface area contributed by atoms with Gasteiger partial charge in [0, 0.05) is 23.4 Å². The maximum absolute atomic E-state index is 12.2. The number of thioether (sulfide) groups is 1. The summed E-state index contributed by atoms with van der Waals surface area (Å²) in [5, 5.41) is 3.25.